The molecule has 0 fully saturated rings. The minimum absolute atomic E-state index is 0.172. The van der Waals surface area contributed by atoms with Crippen LogP contribution in [0.5, 0.6) is 0 Å². The predicted molar refractivity (Wildman–Crippen MR) is 148 cm³/mol. The molecule has 0 saturated heterocycles. The monoisotopic (exact) mass is 521 g/mol. The van der Waals surface area contributed by atoms with Crippen molar-refractivity contribution in [2.24, 2.45) is 0 Å². The molecule has 3 rings (SSSR count). The molecule has 1 unspecified atom stereocenters. The van der Waals surface area contributed by atoms with E-state index in [1.54, 1.807) is 18.2 Å². The number of amides is 2. The highest BCUT2D eigenvalue weighted by Crippen LogP contribution is 2.22. The molecular weight excluding hydrogens is 486 g/mol. The number of hydrogen-bond acceptors (Lipinski definition) is 4. The Hall–Kier alpha value is -3.65. The van der Waals surface area contributed by atoms with Gasteiger partial charge in [-0.1, -0.05) is 66.7 Å². The summed E-state index contributed by atoms with van der Waals surface area (Å²) in [6.45, 7) is 5.81. The Bertz CT molecular complexity index is 1330. The number of likely N-dealkylation sites (N-methyl/N-ethyl adjacent to an activating group) is 1. The third-order valence-corrected chi connectivity index (χ3v) is 7.33. The lowest BCUT2D eigenvalue weighted by molar-refractivity contribution is -0.140. The maximum absolute atomic E-state index is 14.0. The van der Waals surface area contributed by atoms with Gasteiger partial charge in [0, 0.05) is 19.5 Å². The van der Waals surface area contributed by atoms with E-state index in [-0.39, 0.29) is 12.5 Å². The average molecular weight is 522 g/mol. The second kappa shape index (κ2) is 12.5. The lowest BCUT2D eigenvalue weighted by Gasteiger charge is -2.33. The highest BCUT2D eigenvalue weighted by molar-refractivity contribution is 7.92. The quantitative estimate of drug-likeness (QED) is 0.415. The van der Waals surface area contributed by atoms with E-state index < -0.39 is 28.5 Å². The molecule has 0 radical (unpaired) electrons. The number of carbonyl (C=O) groups excluding carboxylic acids is 2. The topological polar surface area (TPSA) is 86.8 Å². The lowest BCUT2D eigenvalue weighted by atomic mass is 10.0. The minimum Gasteiger partial charge on any atom is -0.355 e. The summed E-state index contributed by atoms with van der Waals surface area (Å²) in [6, 6.07) is 23.4. The maximum atomic E-state index is 14.0. The summed E-state index contributed by atoms with van der Waals surface area (Å²) in [6.07, 6.45) is 1.38. The fourth-order valence-corrected chi connectivity index (χ4v) is 5.06. The van der Waals surface area contributed by atoms with Gasteiger partial charge in [-0.3, -0.25) is 13.9 Å². The molecule has 1 N–H and O–H groups in total. The average Bonchev–Trinajstić information content (AvgIpc) is 2.85. The number of carbonyl (C=O) groups is 2. The van der Waals surface area contributed by atoms with Gasteiger partial charge >= 0.3 is 0 Å². The summed E-state index contributed by atoms with van der Waals surface area (Å²) in [5.74, 6) is -0.739. The van der Waals surface area contributed by atoms with Crippen LogP contribution in [0, 0.1) is 13.8 Å². The van der Waals surface area contributed by atoms with Crippen molar-refractivity contribution in [2.45, 2.75) is 39.8 Å². The van der Waals surface area contributed by atoms with Gasteiger partial charge in [0.05, 0.1) is 11.9 Å². The van der Waals surface area contributed by atoms with Crippen molar-refractivity contribution in [3.05, 3.63) is 101 Å². The third-order valence-electron chi connectivity index (χ3n) is 6.19. The van der Waals surface area contributed by atoms with Gasteiger partial charge < -0.3 is 10.2 Å². The summed E-state index contributed by atoms with van der Waals surface area (Å²) in [5.41, 5.74) is 4.05. The number of aryl methyl sites for hydroxylation is 2. The van der Waals surface area contributed by atoms with Gasteiger partial charge in [-0.2, -0.15) is 0 Å². The minimum atomic E-state index is -3.77. The van der Waals surface area contributed by atoms with Crippen LogP contribution in [-0.4, -0.2) is 50.5 Å². The molecule has 0 aliphatic heterocycles. The van der Waals surface area contributed by atoms with Crippen molar-refractivity contribution in [2.75, 3.05) is 23.7 Å². The summed E-state index contributed by atoms with van der Waals surface area (Å²) in [7, 11) is -3.77. The Morgan fingerprint density at radius 2 is 1.59 bits per heavy atom. The fraction of sp³-hybridized carbons (Fsp3) is 0.310. The smallest absolute Gasteiger partial charge is 0.244 e. The summed E-state index contributed by atoms with van der Waals surface area (Å²) < 4.78 is 26.7. The van der Waals surface area contributed by atoms with E-state index in [9.17, 15) is 18.0 Å². The van der Waals surface area contributed by atoms with E-state index in [0.29, 0.717) is 18.7 Å². The molecule has 7 nitrogen and oxygen atoms in total. The molecule has 0 bridgehead atoms. The lowest BCUT2D eigenvalue weighted by Crippen LogP contribution is -2.53. The van der Waals surface area contributed by atoms with Crippen molar-refractivity contribution in [3.8, 4) is 0 Å². The highest BCUT2D eigenvalue weighted by atomic mass is 32.2. The molecule has 0 aromatic heterocycles. The van der Waals surface area contributed by atoms with Crippen molar-refractivity contribution in [1.82, 2.24) is 10.2 Å². The van der Waals surface area contributed by atoms with Crippen molar-refractivity contribution < 1.29 is 18.0 Å². The first-order chi connectivity index (χ1) is 17.6. The first kappa shape index (κ1) is 27.9. The van der Waals surface area contributed by atoms with Crippen LogP contribution in [0.15, 0.2) is 78.9 Å². The Kier molecular flexibility index (Phi) is 9.47. The molecule has 3 aromatic carbocycles. The van der Waals surface area contributed by atoms with Crippen molar-refractivity contribution >= 4 is 27.5 Å². The summed E-state index contributed by atoms with van der Waals surface area (Å²) in [5, 5.41) is 2.86. The van der Waals surface area contributed by atoms with Crippen LogP contribution in [0.4, 0.5) is 5.69 Å². The highest BCUT2D eigenvalue weighted by Gasteiger charge is 2.33. The van der Waals surface area contributed by atoms with Crippen molar-refractivity contribution in [1.29, 1.82) is 0 Å². The molecule has 2 amide bonds. The molecule has 1 atom stereocenters. The number of nitrogens with zero attached hydrogens (tertiary/aromatic N) is 2. The molecule has 8 heteroatoms. The largest absolute Gasteiger partial charge is 0.355 e. The molecule has 0 spiro atoms. The Labute approximate surface area is 220 Å². The molecular formula is C29H35N3O4S. The maximum Gasteiger partial charge on any atom is 0.244 e. The van der Waals surface area contributed by atoms with Crippen LogP contribution in [0.1, 0.15) is 29.2 Å². The number of sulfonamides is 1. The van der Waals surface area contributed by atoms with Gasteiger partial charge in [-0.25, -0.2) is 8.42 Å². The second-order valence-corrected chi connectivity index (χ2v) is 11.1. The van der Waals surface area contributed by atoms with Crippen LogP contribution in [0.3, 0.4) is 0 Å². The van der Waals surface area contributed by atoms with Crippen molar-refractivity contribution in [3.63, 3.8) is 0 Å². The van der Waals surface area contributed by atoms with Crippen LogP contribution < -0.4 is 9.62 Å². The van der Waals surface area contributed by atoms with E-state index in [0.717, 1.165) is 32.8 Å². The second-order valence-electron chi connectivity index (χ2n) is 9.16. The summed E-state index contributed by atoms with van der Waals surface area (Å²) >= 11 is 0. The zero-order chi connectivity index (χ0) is 27.0. The van der Waals surface area contributed by atoms with E-state index in [1.165, 1.54) is 4.90 Å². The standard InChI is InChI=1S/C29H35N3O4S/c1-5-30-29(34)27(19-24-14-7-6-8-15-24)31(20-25-16-10-9-13-23(25)3)28(33)21-32(37(4,35)36)26-17-11-12-22(2)18-26/h6-18,27H,5,19-21H2,1-4H3,(H,30,34). The van der Waals surface area contributed by atoms with E-state index in [2.05, 4.69) is 5.32 Å². The molecule has 0 heterocycles. The van der Waals surface area contributed by atoms with Gasteiger partial charge in [0.1, 0.15) is 12.6 Å². The number of nitrogens with one attached hydrogen (secondary N) is 1. The number of benzene rings is 3. The predicted octanol–water partition coefficient (Wildman–Crippen LogP) is 3.85. The fourth-order valence-electron chi connectivity index (χ4n) is 4.21. The molecule has 0 aliphatic carbocycles. The zero-order valence-corrected chi connectivity index (χ0v) is 22.7. The van der Waals surface area contributed by atoms with Gasteiger partial charge in [0.15, 0.2) is 0 Å². The molecule has 0 aliphatic rings. The zero-order valence-electron chi connectivity index (χ0n) is 21.8. The van der Waals surface area contributed by atoms with Crippen LogP contribution in [0.2, 0.25) is 0 Å². The first-order valence-corrected chi connectivity index (χ1v) is 14.1. The Morgan fingerprint density at radius 3 is 2.22 bits per heavy atom. The van der Waals surface area contributed by atoms with Gasteiger partial charge in [-0.05, 0) is 55.2 Å². The number of anilines is 1. The summed E-state index contributed by atoms with van der Waals surface area (Å²) in [4.78, 5) is 28.8. The SMILES string of the molecule is CCNC(=O)C(Cc1ccccc1)N(Cc1ccccc1C)C(=O)CN(c1cccc(C)c1)S(C)(=O)=O. The van der Waals surface area contributed by atoms with Crippen LogP contribution >= 0.6 is 0 Å². The van der Waals surface area contributed by atoms with Crippen LogP contribution in [-0.2, 0) is 32.6 Å². The number of hydrogen-bond donors (Lipinski definition) is 1. The van der Waals surface area contributed by atoms with Crippen LogP contribution in [0.25, 0.3) is 0 Å². The van der Waals surface area contributed by atoms with E-state index in [4.69, 9.17) is 0 Å². The van der Waals surface area contributed by atoms with Gasteiger partial charge in [0.25, 0.3) is 0 Å². The molecule has 196 valence electrons. The Balaban J connectivity index is 2.05. The van der Waals surface area contributed by atoms with Gasteiger partial charge in [0.2, 0.25) is 21.8 Å². The molecule has 37 heavy (non-hydrogen) atoms. The Morgan fingerprint density at radius 1 is 0.919 bits per heavy atom. The first-order valence-electron chi connectivity index (χ1n) is 12.3. The number of rotatable bonds is 11. The van der Waals surface area contributed by atoms with Gasteiger partial charge in [-0.15, -0.1) is 0 Å². The van der Waals surface area contributed by atoms with E-state index in [1.807, 2.05) is 81.4 Å². The normalized spacial score (nSPS) is 12.0. The molecule has 3 aromatic rings. The van der Waals surface area contributed by atoms with E-state index >= 15 is 0 Å². The third kappa shape index (κ3) is 7.67. The molecule has 0 saturated carbocycles.